The van der Waals surface area contributed by atoms with Gasteiger partial charge in [-0.2, -0.15) is 0 Å². The van der Waals surface area contributed by atoms with Crippen molar-refractivity contribution in [2.75, 3.05) is 12.4 Å². The maximum atomic E-state index is 12.3. The largest absolute Gasteiger partial charge is 0.497 e. The predicted octanol–water partition coefficient (Wildman–Crippen LogP) is 2.55. The van der Waals surface area contributed by atoms with E-state index in [0.29, 0.717) is 17.2 Å². The van der Waals surface area contributed by atoms with Crippen LogP contribution in [0.1, 0.15) is 33.1 Å². The van der Waals surface area contributed by atoms with Crippen molar-refractivity contribution in [3.8, 4) is 11.5 Å². The summed E-state index contributed by atoms with van der Waals surface area (Å²) < 4.78 is 10.9. The van der Waals surface area contributed by atoms with Gasteiger partial charge in [-0.1, -0.05) is 0 Å². The summed E-state index contributed by atoms with van der Waals surface area (Å²) in [6.07, 6.45) is 2.54. The van der Waals surface area contributed by atoms with Crippen molar-refractivity contribution in [2.24, 2.45) is 11.7 Å². The van der Waals surface area contributed by atoms with Gasteiger partial charge in [0.15, 0.2) is 0 Å². The number of carbonyl (C=O) groups is 1. The van der Waals surface area contributed by atoms with E-state index in [4.69, 9.17) is 15.2 Å². The van der Waals surface area contributed by atoms with Crippen LogP contribution in [0.4, 0.5) is 5.69 Å². The van der Waals surface area contributed by atoms with Gasteiger partial charge in [-0.25, -0.2) is 0 Å². The Morgan fingerprint density at radius 1 is 1.38 bits per heavy atom. The minimum Gasteiger partial charge on any atom is -0.497 e. The summed E-state index contributed by atoms with van der Waals surface area (Å²) in [7, 11) is 1.60. The van der Waals surface area contributed by atoms with Gasteiger partial charge in [0.25, 0.3) is 0 Å². The van der Waals surface area contributed by atoms with Crippen LogP contribution >= 0.6 is 0 Å². The smallest absolute Gasteiger partial charge is 0.227 e. The molecule has 3 N–H and O–H groups in total. The minimum absolute atomic E-state index is 0.00445. The zero-order chi connectivity index (χ0) is 15.4. The number of nitrogens with two attached hydrogens (primary N) is 1. The van der Waals surface area contributed by atoms with Gasteiger partial charge in [-0.15, -0.1) is 0 Å². The molecule has 2 unspecified atom stereocenters. The molecule has 2 atom stereocenters. The third-order valence-corrected chi connectivity index (χ3v) is 3.65. The van der Waals surface area contributed by atoms with Crippen molar-refractivity contribution in [3.05, 3.63) is 18.2 Å². The number of hydrogen-bond donors (Lipinski definition) is 2. The molecule has 0 spiro atoms. The monoisotopic (exact) mass is 292 g/mol. The fourth-order valence-electron chi connectivity index (χ4n) is 2.58. The van der Waals surface area contributed by atoms with Gasteiger partial charge < -0.3 is 20.5 Å². The molecule has 0 radical (unpaired) electrons. The van der Waals surface area contributed by atoms with Gasteiger partial charge >= 0.3 is 0 Å². The Bertz CT molecular complexity index is 502. The summed E-state index contributed by atoms with van der Waals surface area (Å²) in [4.78, 5) is 12.3. The number of amides is 1. The van der Waals surface area contributed by atoms with Crippen LogP contribution in [0.2, 0.25) is 0 Å². The second kappa shape index (κ2) is 6.80. The second-order valence-electron chi connectivity index (χ2n) is 5.79. The maximum absolute atomic E-state index is 12.3. The lowest BCUT2D eigenvalue weighted by molar-refractivity contribution is -0.119. The van der Waals surface area contributed by atoms with Crippen LogP contribution in [0, 0.1) is 5.92 Å². The fourth-order valence-corrected chi connectivity index (χ4v) is 2.58. The molecular weight excluding hydrogens is 268 g/mol. The molecule has 0 aromatic heterocycles. The summed E-state index contributed by atoms with van der Waals surface area (Å²) in [5.74, 6) is 1.33. The maximum Gasteiger partial charge on any atom is 0.227 e. The molecule has 5 nitrogen and oxygen atoms in total. The van der Waals surface area contributed by atoms with E-state index < -0.39 is 0 Å². The first-order valence-corrected chi connectivity index (χ1v) is 7.40. The zero-order valence-electron chi connectivity index (χ0n) is 12.9. The molecule has 1 fully saturated rings. The highest BCUT2D eigenvalue weighted by molar-refractivity contribution is 5.94. The first-order chi connectivity index (χ1) is 9.99. The molecule has 0 aliphatic heterocycles. The van der Waals surface area contributed by atoms with Gasteiger partial charge in [-0.3, -0.25) is 4.79 Å². The van der Waals surface area contributed by atoms with E-state index in [9.17, 15) is 4.79 Å². The number of hydrogen-bond acceptors (Lipinski definition) is 4. The summed E-state index contributed by atoms with van der Waals surface area (Å²) in [5, 5.41) is 2.95. The fraction of sp³-hybridized carbons (Fsp3) is 0.562. The molecule has 0 saturated heterocycles. The summed E-state index contributed by atoms with van der Waals surface area (Å²) in [5.41, 5.74) is 6.52. The van der Waals surface area contributed by atoms with E-state index in [1.54, 1.807) is 13.2 Å². The number of rotatable bonds is 5. The molecule has 1 amide bonds. The normalized spacial score (nSPS) is 21.4. The average molecular weight is 292 g/mol. The Morgan fingerprint density at radius 3 is 2.71 bits per heavy atom. The lowest BCUT2D eigenvalue weighted by Gasteiger charge is -2.17. The topological polar surface area (TPSA) is 73.6 Å². The molecule has 1 saturated carbocycles. The van der Waals surface area contributed by atoms with Crippen molar-refractivity contribution < 1.29 is 14.3 Å². The van der Waals surface area contributed by atoms with E-state index in [1.807, 2.05) is 26.0 Å². The Balaban J connectivity index is 2.14. The van der Waals surface area contributed by atoms with Gasteiger partial charge in [0, 0.05) is 18.0 Å². The van der Waals surface area contributed by atoms with Gasteiger partial charge in [-0.05, 0) is 45.2 Å². The lowest BCUT2D eigenvalue weighted by Crippen LogP contribution is -2.23. The molecule has 2 rings (SSSR count). The second-order valence-corrected chi connectivity index (χ2v) is 5.79. The summed E-state index contributed by atoms with van der Waals surface area (Å²) in [6.45, 7) is 3.90. The Morgan fingerprint density at radius 2 is 2.14 bits per heavy atom. The lowest BCUT2D eigenvalue weighted by atomic mass is 10.1. The van der Waals surface area contributed by atoms with Crippen molar-refractivity contribution >= 4 is 11.6 Å². The number of anilines is 1. The van der Waals surface area contributed by atoms with Crippen molar-refractivity contribution in [1.82, 2.24) is 0 Å². The van der Waals surface area contributed by atoms with Crippen LogP contribution < -0.4 is 20.5 Å². The van der Waals surface area contributed by atoms with Crippen LogP contribution in [0.25, 0.3) is 0 Å². The van der Waals surface area contributed by atoms with E-state index >= 15 is 0 Å². The molecular formula is C16H24N2O3. The van der Waals surface area contributed by atoms with Gasteiger partial charge in [0.05, 0.1) is 18.9 Å². The van der Waals surface area contributed by atoms with Crippen LogP contribution in [0.5, 0.6) is 11.5 Å². The first-order valence-electron chi connectivity index (χ1n) is 7.40. The van der Waals surface area contributed by atoms with Crippen molar-refractivity contribution in [2.45, 2.75) is 45.3 Å². The SMILES string of the molecule is COc1ccc(OC(C)C)c(NC(=O)C2CCC(N)C2)c1. The third kappa shape index (κ3) is 4.11. The van der Waals surface area contributed by atoms with E-state index in [1.165, 1.54) is 0 Å². The highest BCUT2D eigenvalue weighted by Gasteiger charge is 2.28. The summed E-state index contributed by atoms with van der Waals surface area (Å²) >= 11 is 0. The number of carbonyl (C=O) groups excluding carboxylic acids is 1. The molecule has 116 valence electrons. The van der Waals surface area contributed by atoms with E-state index in [-0.39, 0.29) is 24.0 Å². The molecule has 1 aromatic carbocycles. The molecule has 1 aliphatic rings. The molecule has 5 heteroatoms. The molecule has 21 heavy (non-hydrogen) atoms. The van der Waals surface area contributed by atoms with Crippen molar-refractivity contribution in [3.63, 3.8) is 0 Å². The van der Waals surface area contributed by atoms with Gasteiger partial charge in [0.2, 0.25) is 5.91 Å². The Hall–Kier alpha value is -1.75. The number of ether oxygens (including phenoxy) is 2. The van der Waals surface area contributed by atoms with Crippen molar-refractivity contribution in [1.29, 1.82) is 0 Å². The minimum atomic E-state index is -0.0156. The Labute approximate surface area is 125 Å². The van der Waals surface area contributed by atoms with Gasteiger partial charge in [0.1, 0.15) is 11.5 Å². The number of nitrogens with one attached hydrogen (secondary N) is 1. The van der Waals surface area contributed by atoms with E-state index in [0.717, 1.165) is 19.3 Å². The number of benzene rings is 1. The van der Waals surface area contributed by atoms with E-state index in [2.05, 4.69) is 5.32 Å². The molecule has 0 bridgehead atoms. The third-order valence-electron chi connectivity index (χ3n) is 3.65. The number of methoxy groups -OCH3 is 1. The molecule has 1 aliphatic carbocycles. The highest BCUT2D eigenvalue weighted by Crippen LogP contribution is 2.32. The Kier molecular flexibility index (Phi) is 5.07. The van der Waals surface area contributed by atoms with Crippen LogP contribution in [-0.4, -0.2) is 25.2 Å². The zero-order valence-corrected chi connectivity index (χ0v) is 12.9. The van der Waals surface area contributed by atoms with Crippen LogP contribution in [0.15, 0.2) is 18.2 Å². The summed E-state index contributed by atoms with van der Waals surface area (Å²) in [6, 6.07) is 5.55. The standard InChI is InChI=1S/C16H24N2O3/c1-10(2)21-15-7-6-13(20-3)9-14(15)18-16(19)11-4-5-12(17)8-11/h6-7,9-12H,4-5,8,17H2,1-3H3,(H,18,19). The van der Waals surface area contributed by atoms with Crippen LogP contribution in [0.3, 0.4) is 0 Å². The molecule has 0 heterocycles. The average Bonchev–Trinajstić information content (AvgIpc) is 2.87. The van der Waals surface area contributed by atoms with Crippen LogP contribution in [-0.2, 0) is 4.79 Å². The first kappa shape index (κ1) is 15.6. The highest BCUT2D eigenvalue weighted by atomic mass is 16.5. The quantitative estimate of drug-likeness (QED) is 0.874. The molecule has 1 aromatic rings. The predicted molar refractivity (Wildman–Crippen MR) is 82.7 cm³/mol.